The summed E-state index contributed by atoms with van der Waals surface area (Å²) in [4.78, 5) is 11.0. The molecule has 0 aliphatic rings. The fourth-order valence-electron chi connectivity index (χ4n) is 1.67. The molecule has 0 amide bonds. The number of esters is 1. The van der Waals surface area contributed by atoms with Gasteiger partial charge in [-0.3, -0.25) is 4.79 Å². The minimum absolute atomic E-state index is 0.178. The molecule has 94 valence electrons. The molecule has 1 atom stereocenters. The molecule has 0 fully saturated rings. The van der Waals surface area contributed by atoms with Crippen LogP contribution in [0.15, 0.2) is 24.3 Å². The van der Waals surface area contributed by atoms with Crippen molar-refractivity contribution >= 4 is 21.9 Å². The Bertz CT molecular complexity index is 346. The van der Waals surface area contributed by atoms with Crippen molar-refractivity contribution in [2.75, 3.05) is 7.11 Å². The molecular formula is C14H19BrO2. The van der Waals surface area contributed by atoms with E-state index in [1.807, 2.05) is 0 Å². The normalized spacial score (nSPS) is 12.2. The number of hydrogen-bond donors (Lipinski definition) is 0. The number of benzene rings is 1. The topological polar surface area (TPSA) is 26.3 Å². The number of carbonyl (C=O) groups excluding carboxylic acids is 1. The Morgan fingerprint density at radius 1 is 1.29 bits per heavy atom. The summed E-state index contributed by atoms with van der Waals surface area (Å²) in [5.41, 5.74) is 2.69. The van der Waals surface area contributed by atoms with Gasteiger partial charge in [-0.1, -0.05) is 47.1 Å². The molecular weight excluding hydrogens is 280 g/mol. The van der Waals surface area contributed by atoms with Crippen LogP contribution in [0.1, 0.15) is 30.9 Å². The number of carbonyl (C=O) groups is 1. The number of alkyl halides is 1. The van der Waals surface area contributed by atoms with Gasteiger partial charge in [-0.25, -0.2) is 0 Å². The molecule has 17 heavy (non-hydrogen) atoms. The number of halogens is 1. The highest BCUT2D eigenvalue weighted by atomic mass is 79.9. The maximum atomic E-state index is 11.2. The van der Waals surface area contributed by atoms with E-state index >= 15 is 0 Å². The van der Waals surface area contributed by atoms with Crippen molar-refractivity contribution in [2.45, 2.75) is 37.4 Å². The van der Waals surface area contributed by atoms with E-state index in [0.29, 0.717) is 0 Å². The molecule has 0 saturated heterocycles. The summed E-state index contributed by atoms with van der Waals surface area (Å²) < 4.78 is 4.66. The number of methoxy groups -OCH3 is 1. The molecule has 0 saturated carbocycles. The third-order valence-electron chi connectivity index (χ3n) is 2.81. The zero-order valence-electron chi connectivity index (χ0n) is 10.4. The molecule has 0 heterocycles. The van der Waals surface area contributed by atoms with Gasteiger partial charge in [0.2, 0.25) is 0 Å². The van der Waals surface area contributed by atoms with Crippen LogP contribution in [0.5, 0.6) is 0 Å². The van der Waals surface area contributed by atoms with E-state index in [1.54, 1.807) is 0 Å². The average Bonchev–Trinajstić information content (AvgIpc) is 2.38. The quantitative estimate of drug-likeness (QED) is 0.593. The van der Waals surface area contributed by atoms with Crippen molar-refractivity contribution in [3.05, 3.63) is 35.4 Å². The van der Waals surface area contributed by atoms with Crippen LogP contribution in [0, 0.1) is 0 Å². The van der Waals surface area contributed by atoms with Crippen molar-refractivity contribution in [3.8, 4) is 0 Å². The first kappa shape index (κ1) is 14.2. The molecule has 2 nitrogen and oxygen atoms in total. The highest BCUT2D eigenvalue weighted by Crippen LogP contribution is 2.14. The molecule has 0 radical (unpaired) electrons. The fourth-order valence-corrected chi connectivity index (χ4v) is 2.18. The Balaban J connectivity index is 2.33. The fraction of sp³-hybridized carbons (Fsp3) is 0.500. The molecule has 0 spiro atoms. The largest absolute Gasteiger partial charge is 0.468 e. The summed E-state index contributed by atoms with van der Waals surface area (Å²) in [5.74, 6) is -0.189. The van der Waals surface area contributed by atoms with Crippen molar-refractivity contribution in [3.63, 3.8) is 0 Å². The highest BCUT2D eigenvalue weighted by Gasteiger charge is 2.13. The standard InChI is InChI=1S/C14H19BrO2/c1-3-11-7-9-12(10-8-11)5-4-6-13(15)14(16)17-2/h7-10,13H,3-6H2,1-2H3. The van der Waals surface area contributed by atoms with Crippen molar-refractivity contribution in [2.24, 2.45) is 0 Å². The Labute approximate surface area is 111 Å². The summed E-state index contributed by atoms with van der Waals surface area (Å²) in [6.07, 6.45) is 3.87. The number of ether oxygens (including phenoxy) is 1. The number of aryl methyl sites for hydroxylation is 2. The molecule has 1 unspecified atom stereocenters. The predicted octanol–water partition coefficient (Wildman–Crippen LogP) is 3.51. The summed E-state index contributed by atoms with van der Waals surface area (Å²) >= 11 is 3.33. The Morgan fingerprint density at radius 2 is 1.88 bits per heavy atom. The van der Waals surface area contributed by atoms with Gasteiger partial charge in [0.25, 0.3) is 0 Å². The first-order chi connectivity index (χ1) is 8.17. The lowest BCUT2D eigenvalue weighted by Crippen LogP contribution is -2.15. The lowest BCUT2D eigenvalue weighted by Gasteiger charge is -2.07. The van der Waals surface area contributed by atoms with Crippen molar-refractivity contribution in [1.29, 1.82) is 0 Å². The summed E-state index contributed by atoms with van der Waals surface area (Å²) in [6.45, 7) is 2.15. The highest BCUT2D eigenvalue weighted by molar-refractivity contribution is 9.10. The van der Waals surface area contributed by atoms with Gasteiger partial charge in [-0.05, 0) is 36.8 Å². The lowest BCUT2D eigenvalue weighted by molar-refractivity contribution is -0.139. The van der Waals surface area contributed by atoms with Gasteiger partial charge < -0.3 is 4.74 Å². The predicted molar refractivity (Wildman–Crippen MR) is 73.5 cm³/mol. The first-order valence-electron chi connectivity index (χ1n) is 5.97. The van der Waals surface area contributed by atoms with Crippen LogP contribution in [-0.4, -0.2) is 17.9 Å². The second-order valence-electron chi connectivity index (χ2n) is 4.05. The maximum Gasteiger partial charge on any atom is 0.319 e. The molecule has 1 rings (SSSR count). The van der Waals surface area contributed by atoms with E-state index in [0.717, 1.165) is 25.7 Å². The van der Waals surface area contributed by atoms with E-state index < -0.39 is 0 Å². The van der Waals surface area contributed by atoms with Crippen molar-refractivity contribution in [1.82, 2.24) is 0 Å². The van der Waals surface area contributed by atoms with E-state index in [4.69, 9.17) is 0 Å². The summed E-state index contributed by atoms with van der Waals surface area (Å²) in [5, 5.41) is 0. The van der Waals surface area contributed by atoms with Crippen LogP contribution in [0.25, 0.3) is 0 Å². The van der Waals surface area contributed by atoms with Gasteiger partial charge in [0.15, 0.2) is 0 Å². The zero-order chi connectivity index (χ0) is 12.7. The van der Waals surface area contributed by atoms with Gasteiger partial charge in [0.1, 0.15) is 4.83 Å². The summed E-state index contributed by atoms with van der Waals surface area (Å²) in [6, 6.07) is 8.67. The molecule has 0 N–H and O–H groups in total. The van der Waals surface area contributed by atoms with Crippen molar-refractivity contribution < 1.29 is 9.53 Å². The van der Waals surface area contributed by atoms with Gasteiger partial charge in [0, 0.05) is 0 Å². The van der Waals surface area contributed by atoms with E-state index in [1.165, 1.54) is 18.2 Å². The average molecular weight is 299 g/mol. The van der Waals surface area contributed by atoms with Gasteiger partial charge >= 0.3 is 5.97 Å². The zero-order valence-corrected chi connectivity index (χ0v) is 12.0. The Morgan fingerprint density at radius 3 is 2.41 bits per heavy atom. The molecule has 0 aromatic heterocycles. The number of rotatable bonds is 6. The molecule has 0 aliphatic heterocycles. The molecule has 1 aromatic carbocycles. The molecule has 0 aliphatic carbocycles. The van der Waals surface area contributed by atoms with Crippen LogP contribution in [0.3, 0.4) is 0 Å². The smallest absolute Gasteiger partial charge is 0.319 e. The van der Waals surface area contributed by atoms with Gasteiger partial charge in [-0.2, -0.15) is 0 Å². The van der Waals surface area contributed by atoms with Crippen LogP contribution in [-0.2, 0) is 22.4 Å². The first-order valence-corrected chi connectivity index (χ1v) is 6.88. The van der Waals surface area contributed by atoms with E-state index in [-0.39, 0.29) is 10.8 Å². The molecule has 3 heteroatoms. The van der Waals surface area contributed by atoms with Crippen LogP contribution >= 0.6 is 15.9 Å². The second-order valence-corrected chi connectivity index (χ2v) is 5.16. The summed E-state index contributed by atoms with van der Waals surface area (Å²) in [7, 11) is 1.42. The Kier molecular flexibility index (Phi) is 6.27. The van der Waals surface area contributed by atoms with Gasteiger partial charge in [0.05, 0.1) is 7.11 Å². The minimum atomic E-state index is -0.189. The second kappa shape index (κ2) is 7.49. The Hall–Kier alpha value is -0.830. The monoisotopic (exact) mass is 298 g/mol. The van der Waals surface area contributed by atoms with Crippen LogP contribution in [0.2, 0.25) is 0 Å². The van der Waals surface area contributed by atoms with Gasteiger partial charge in [-0.15, -0.1) is 0 Å². The minimum Gasteiger partial charge on any atom is -0.468 e. The van der Waals surface area contributed by atoms with E-state index in [2.05, 4.69) is 51.9 Å². The third-order valence-corrected chi connectivity index (χ3v) is 3.64. The van der Waals surface area contributed by atoms with Crippen LogP contribution in [0.4, 0.5) is 0 Å². The number of hydrogen-bond acceptors (Lipinski definition) is 2. The molecule has 1 aromatic rings. The molecule has 0 bridgehead atoms. The SMILES string of the molecule is CCc1ccc(CCCC(Br)C(=O)OC)cc1. The third kappa shape index (κ3) is 4.90. The van der Waals surface area contributed by atoms with Crippen LogP contribution < -0.4 is 0 Å². The lowest BCUT2D eigenvalue weighted by atomic mass is 10.0. The maximum absolute atomic E-state index is 11.2. The van der Waals surface area contributed by atoms with E-state index in [9.17, 15) is 4.79 Å².